The normalized spacial score (nSPS) is 17.8. The summed E-state index contributed by atoms with van der Waals surface area (Å²) in [6.45, 7) is 19.5. The molecular formula is C48H46N2. The first-order valence-corrected chi connectivity index (χ1v) is 18.1. The van der Waals surface area contributed by atoms with E-state index in [0.29, 0.717) is 0 Å². The van der Waals surface area contributed by atoms with Crippen molar-refractivity contribution in [3.63, 3.8) is 0 Å². The van der Waals surface area contributed by atoms with E-state index in [2.05, 4.69) is 198 Å². The van der Waals surface area contributed by atoms with Crippen LogP contribution in [0.4, 0.5) is 17.1 Å². The lowest BCUT2D eigenvalue weighted by atomic mass is 9.59. The highest BCUT2D eigenvalue weighted by Crippen LogP contribution is 2.62. The molecule has 0 spiro atoms. The third kappa shape index (κ3) is 3.97. The Morgan fingerprint density at radius 3 is 1.64 bits per heavy atom. The number of nitrogens with zero attached hydrogens (tertiary/aromatic N) is 2. The van der Waals surface area contributed by atoms with E-state index in [0.717, 1.165) is 0 Å². The summed E-state index contributed by atoms with van der Waals surface area (Å²) in [5.41, 5.74) is 15.3. The minimum absolute atomic E-state index is 0.000175. The minimum Gasteiger partial charge on any atom is -0.310 e. The summed E-state index contributed by atoms with van der Waals surface area (Å²) in [7, 11) is 0. The van der Waals surface area contributed by atoms with Crippen molar-refractivity contribution >= 4 is 38.9 Å². The molecule has 1 aliphatic heterocycles. The predicted molar refractivity (Wildman–Crippen MR) is 213 cm³/mol. The Balaban J connectivity index is 1.42. The summed E-state index contributed by atoms with van der Waals surface area (Å²) in [5.74, 6) is 0. The van der Waals surface area contributed by atoms with Crippen LogP contribution < -0.4 is 4.90 Å². The van der Waals surface area contributed by atoms with Crippen LogP contribution in [0.25, 0.3) is 38.6 Å². The van der Waals surface area contributed by atoms with Crippen molar-refractivity contribution in [2.75, 3.05) is 4.90 Å². The van der Waals surface area contributed by atoms with E-state index in [1.54, 1.807) is 0 Å². The van der Waals surface area contributed by atoms with E-state index >= 15 is 0 Å². The van der Waals surface area contributed by atoms with Crippen LogP contribution in [0.1, 0.15) is 77.6 Å². The molecule has 2 heterocycles. The molecule has 2 heteroatoms. The van der Waals surface area contributed by atoms with Crippen LogP contribution in [0, 0.1) is 5.41 Å². The van der Waals surface area contributed by atoms with Crippen LogP contribution in [-0.4, -0.2) is 4.57 Å². The number of para-hydroxylation sites is 2. The Kier molecular flexibility index (Phi) is 6.33. The van der Waals surface area contributed by atoms with E-state index in [9.17, 15) is 0 Å². The molecule has 0 fully saturated rings. The van der Waals surface area contributed by atoms with Gasteiger partial charge in [-0.15, -0.1) is 0 Å². The van der Waals surface area contributed by atoms with Gasteiger partial charge in [-0.3, -0.25) is 0 Å². The number of benzene rings is 6. The van der Waals surface area contributed by atoms with Gasteiger partial charge in [0.25, 0.3) is 0 Å². The van der Waals surface area contributed by atoms with Gasteiger partial charge in [0, 0.05) is 27.6 Å². The molecule has 2 nitrogen and oxygen atoms in total. The summed E-state index contributed by atoms with van der Waals surface area (Å²) >= 11 is 0. The molecule has 0 amide bonds. The van der Waals surface area contributed by atoms with Crippen molar-refractivity contribution in [2.24, 2.45) is 5.41 Å². The highest BCUT2D eigenvalue weighted by atomic mass is 15.2. The zero-order valence-corrected chi connectivity index (χ0v) is 30.6. The lowest BCUT2D eigenvalue weighted by Gasteiger charge is -2.44. The van der Waals surface area contributed by atoms with Crippen LogP contribution in [0.5, 0.6) is 0 Å². The average molecular weight is 651 g/mol. The molecule has 0 unspecified atom stereocenters. The second-order valence-corrected chi connectivity index (χ2v) is 16.7. The third-order valence-corrected chi connectivity index (χ3v) is 13.5. The third-order valence-electron chi connectivity index (χ3n) is 13.5. The average Bonchev–Trinajstić information content (AvgIpc) is 3.48. The molecule has 0 N–H and O–H groups in total. The highest BCUT2D eigenvalue weighted by Gasteiger charge is 2.57. The topological polar surface area (TPSA) is 8.17 Å². The van der Waals surface area contributed by atoms with Gasteiger partial charge in [-0.2, -0.15) is 0 Å². The Labute approximate surface area is 297 Å². The standard InChI is InChI=1S/C48H46N2/c1-45(2)37-24-15-16-25-41(37)49(33-21-13-10-14-22-33)44-30-43-36(28-40(44)45)35-27-38-39(47(5,6)48(7,8)46(38,3)4)29-42(35)50(43)34-23-17-20-32(26-34)31-18-11-9-12-19-31/h9-30H,1-8H3. The zero-order valence-electron chi connectivity index (χ0n) is 30.6. The summed E-state index contributed by atoms with van der Waals surface area (Å²) in [6, 6.07) is 49.8. The number of anilines is 3. The molecule has 2 aliphatic rings. The van der Waals surface area contributed by atoms with Gasteiger partial charge in [0.05, 0.1) is 22.4 Å². The first-order chi connectivity index (χ1) is 23.8. The Morgan fingerprint density at radius 1 is 0.400 bits per heavy atom. The predicted octanol–water partition coefficient (Wildman–Crippen LogP) is 13.2. The van der Waals surface area contributed by atoms with E-state index in [4.69, 9.17) is 0 Å². The van der Waals surface area contributed by atoms with E-state index in [1.165, 1.54) is 77.9 Å². The van der Waals surface area contributed by atoms with Crippen LogP contribution >= 0.6 is 0 Å². The lowest BCUT2D eigenvalue weighted by Crippen LogP contribution is -2.42. The highest BCUT2D eigenvalue weighted by molar-refractivity contribution is 6.12. The van der Waals surface area contributed by atoms with Gasteiger partial charge in [0.1, 0.15) is 0 Å². The summed E-state index contributed by atoms with van der Waals surface area (Å²) < 4.78 is 2.54. The second kappa shape index (κ2) is 10.2. The molecule has 248 valence electrons. The van der Waals surface area contributed by atoms with Gasteiger partial charge < -0.3 is 9.47 Å². The van der Waals surface area contributed by atoms with Crippen LogP contribution in [-0.2, 0) is 16.2 Å². The number of hydrogen-bond donors (Lipinski definition) is 0. The van der Waals surface area contributed by atoms with E-state index in [-0.39, 0.29) is 21.7 Å². The number of aromatic nitrogens is 1. The summed E-state index contributed by atoms with van der Waals surface area (Å²) in [5, 5.41) is 2.64. The molecule has 0 saturated heterocycles. The number of rotatable bonds is 3. The smallest absolute Gasteiger partial charge is 0.0562 e. The monoisotopic (exact) mass is 650 g/mol. The number of fused-ring (bicyclic) bond motifs is 6. The fourth-order valence-electron chi connectivity index (χ4n) is 9.33. The van der Waals surface area contributed by atoms with Crippen molar-refractivity contribution in [3.05, 3.63) is 156 Å². The van der Waals surface area contributed by atoms with Gasteiger partial charge in [0.2, 0.25) is 0 Å². The molecule has 0 saturated carbocycles. The lowest BCUT2D eigenvalue weighted by molar-refractivity contribution is 0.125. The molecule has 0 atom stereocenters. The molecular weight excluding hydrogens is 605 g/mol. The van der Waals surface area contributed by atoms with Gasteiger partial charge in [-0.1, -0.05) is 134 Å². The van der Waals surface area contributed by atoms with E-state index < -0.39 is 0 Å². The van der Waals surface area contributed by atoms with E-state index in [1.807, 2.05) is 0 Å². The Bertz CT molecular complexity index is 2470. The number of hydrogen-bond acceptors (Lipinski definition) is 1. The maximum absolute atomic E-state index is 2.56. The van der Waals surface area contributed by atoms with Gasteiger partial charge >= 0.3 is 0 Å². The second-order valence-electron chi connectivity index (χ2n) is 16.7. The maximum Gasteiger partial charge on any atom is 0.0562 e. The molecule has 6 aromatic carbocycles. The first kappa shape index (κ1) is 30.9. The molecule has 1 aliphatic carbocycles. The molecule has 0 bridgehead atoms. The van der Waals surface area contributed by atoms with Gasteiger partial charge in [-0.25, -0.2) is 0 Å². The SMILES string of the molecule is CC1(C)c2ccccc2N(c2ccccc2)c2cc3c(cc21)c1cc2c(cc1n3-c1cccc(-c3ccccc3)c1)C(C)(C)C(C)(C)C2(C)C. The fraction of sp³-hybridized carbons (Fsp3) is 0.250. The van der Waals surface area contributed by atoms with Gasteiger partial charge in [0.15, 0.2) is 0 Å². The first-order valence-electron chi connectivity index (χ1n) is 18.1. The fourth-order valence-corrected chi connectivity index (χ4v) is 9.33. The van der Waals surface area contributed by atoms with Crippen molar-refractivity contribution < 1.29 is 0 Å². The summed E-state index contributed by atoms with van der Waals surface area (Å²) in [4.78, 5) is 2.48. The molecule has 7 aromatic rings. The van der Waals surface area contributed by atoms with Crippen molar-refractivity contribution in [3.8, 4) is 16.8 Å². The van der Waals surface area contributed by atoms with Crippen molar-refractivity contribution in [1.29, 1.82) is 0 Å². The van der Waals surface area contributed by atoms with Crippen molar-refractivity contribution in [2.45, 2.75) is 71.6 Å². The molecule has 0 radical (unpaired) electrons. The minimum atomic E-state index is -0.187. The molecule has 50 heavy (non-hydrogen) atoms. The zero-order chi connectivity index (χ0) is 34.8. The van der Waals surface area contributed by atoms with Crippen LogP contribution in [0.15, 0.2) is 133 Å². The van der Waals surface area contributed by atoms with Crippen LogP contribution in [0.3, 0.4) is 0 Å². The largest absolute Gasteiger partial charge is 0.310 e. The Hall–Kier alpha value is -5.08. The molecule has 9 rings (SSSR count). The van der Waals surface area contributed by atoms with Crippen LogP contribution in [0.2, 0.25) is 0 Å². The maximum atomic E-state index is 2.56. The van der Waals surface area contributed by atoms with Crippen molar-refractivity contribution in [1.82, 2.24) is 4.57 Å². The van der Waals surface area contributed by atoms with Gasteiger partial charge in [-0.05, 0) is 104 Å². The Morgan fingerprint density at radius 2 is 0.940 bits per heavy atom. The quantitative estimate of drug-likeness (QED) is 0.185. The summed E-state index contributed by atoms with van der Waals surface area (Å²) in [6.07, 6.45) is 0. The molecule has 1 aromatic heterocycles.